The van der Waals surface area contributed by atoms with Gasteiger partial charge in [0.25, 0.3) is 0 Å². The van der Waals surface area contributed by atoms with Crippen LogP contribution in [0.15, 0.2) is 39.3 Å². The van der Waals surface area contributed by atoms with Crippen molar-refractivity contribution in [1.82, 2.24) is 0 Å². The molecule has 19 heavy (non-hydrogen) atoms. The summed E-state index contributed by atoms with van der Waals surface area (Å²) in [6, 6.07) is 10.1. The van der Waals surface area contributed by atoms with Crippen molar-refractivity contribution in [3.63, 3.8) is 0 Å². The Labute approximate surface area is 130 Å². The van der Waals surface area contributed by atoms with Gasteiger partial charge < -0.3 is 5.11 Å². The number of benzene rings is 2. The fourth-order valence-corrected chi connectivity index (χ4v) is 3.06. The van der Waals surface area contributed by atoms with Crippen molar-refractivity contribution in [3.8, 4) is 0 Å². The molecule has 1 unspecified atom stereocenters. The third-order valence-corrected chi connectivity index (χ3v) is 4.86. The van der Waals surface area contributed by atoms with E-state index in [2.05, 4.69) is 37.9 Å². The molecule has 0 aliphatic carbocycles. The number of hydrogen-bond donors (Lipinski definition) is 1. The maximum Gasteiger partial charge on any atom is 0.105 e. The lowest BCUT2D eigenvalue weighted by atomic mass is 9.95. The summed E-state index contributed by atoms with van der Waals surface area (Å²) in [7, 11) is 0. The Hall–Kier alpha value is -0.640. The predicted molar refractivity (Wildman–Crippen MR) is 86.6 cm³/mol. The molecule has 0 spiro atoms. The second-order valence-corrected chi connectivity index (χ2v) is 6.59. The minimum absolute atomic E-state index is 0.610. The molecule has 3 heteroatoms. The first-order valence-corrected chi connectivity index (χ1v) is 7.69. The van der Waals surface area contributed by atoms with E-state index in [1.807, 2.05) is 45.0 Å². The van der Waals surface area contributed by atoms with E-state index < -0.39 is 6.10 Å². The summed E-state index contributed by atoms with van der Waals surface area (Å²) in [6.07, 6.45) is -0.610. The van der Waals surface area contributed by atoms with Crippen LogP contribution in [0, 0.1) is 20.8 Å². The van der Waals surface area contributed by atoms with Gasteiger partial charge in [-0.15, -0.1) is 0 Å². The third-order valence-electron chi connectivity index (χ3n) is 3.29. The lowest BCUT2D eigenvalue weighted by molar-refractivity contribution is 0.218. The van der Waals surface area contributed by atoms with E-state index in [4.69, 9.17) is 0 Å². The van der Waals surface area contributed by atoms with Crippen LogP contribution >= 0.6 is 31.9 Å². The molecule has 0 radical (unpaired) electrons. The first-order chi connectivity index (χ1) is 8.90. The summed E-state index contributed by atoms with van der Waals surface area (Å²) in [4.78, 5) is 0. The Morgan fingerprint density at radius 2 is 1.53 bits per heavy atom. The first kappa shape index (κ1) is 14.8. The lowest BCUT2D eigenvalue weighted by Gasteiger charge is -2.17. The van der Waals surface area contributed by atoms with Gasteiger partial charge in [-0.25, -0.2) is 0 Å². The maximum atomic E-state index is 10.6. The maximum absolute atomic E-state index is 10.6. The highest BCUT2D eigenvalue weighted by molar-refractivity contribution is 9.10. The SMILES string of the molecule is Cc1ccc(Br)c(C(O)c2cc(C)c(Br)cc2C)c1. The summed E-state index contributed by atoms with van der Waals surface area (Å²) in [5, 5.41) is 10.6. The fourth-order valence-electron chi connectivity index (χ4n) is 2.14. The van der Waals surface area contributed by atoms with Crippen LogP contribution in [-0.4, -0.2) is 5.11 Å². The molecule has 0 aromatic heterocycles. The van der Waals surface area contributed by atoms with Crippen molar-refractivity contribution in [3.05, 3.63) is 67.1 Å². The van der Waals surface area contributed by atoms with E-state index in [0.717, 1.165) is 36.8 Å². The molecule has 0 aliphatic rings. The predicted octanol–water partition coefficient (Wildman–Crippen LogP) is 5.22. The van der Waals surface area contributed by atoms with Gasteiger partial charge in [0.2, 0.25) is 0 Å². The fraction of sp³-hybridized carbons (Fsp3) is 0.250. The number of aliphatic hydroxyl groups is 1. The molecular weight excluding hydrogens is 368 g/mol. The van der Waals surface area contributed by atoms with E-state index in [9.17, 15) is 5.11 Å². The molecule has 1 N–H and O–H groups in total. The molecule has 2 aromatic rings. The molecule has 0 saturated carbocycles. The molecule has 1 atom stereocenters. The van der Waals surface area contributed by atoms with E-state index >= 15 is 0 Å². The molecule has 2 rings (SSSR count). The normalized spacial score (nSPS) is 12.5. The molecule has 0 aliphatic heterocycles. The summed E-state index contributed by atoms with van der Waals surface area (Å²) in [6.45, 7) is 6.08. The van der Waals surface area contributed by atoms with Crippen molar-refractivity contribution in [2.75, 3.05) is 0 Å². The van der Waals surface area contributed by atoms with Crippen LogP contribution in [0.25, 0.3) is 0 Å². The Bertz CT molecular complexity index is 620. The summed E-state index contributed by atoms with van der Waals surface area (Å²) in [5.41, 5.74) is 5.21. The third kappa shape index (κ3) is 3.10. The van der Waals surface area contributed by atoms with E-state index in [-0.39, 0.29) is 0 Å². The standard InChI is InChI=1S/C16H16Br2O/c1-9-4-5-14(17)13(6-9)16(19)12-7-11(3)15(18)8-10(12)2/h4-8,16,19H,1-3H3. The Morgan fingerprint density at radius 1 is 0.842 bits per heavy atom. The van der Waals surface area contributed by atoms with Crippen molar-refractivity contribution < 1.29 is 5.11 Å². The van der Waals surface area contributed by atoms with Gasteiger partial charge in [0.1, 0.15) is 6.10 Å². The van der Waals surface area contributed by atoms with Crippen LogP contribution in [0.5, 0.6) is 0 Å². The van der Waals surface area contributed by atoms with Crippen LogP contribution < -0.4 is 0 Å². The van der Waals surface area contributed by atoms with Crippen molar-refractivity contribution in [2.45, 2.75) is 26.9 Å². The van der Waals surface area contributed by atoms with Gasteiger partial charge >= 0.3 is 0 Å². The quantitative estimate of drug-likeness (QED) is 0.753. The average Bonchev–Trinajstić information content (AvgIpc) is 2.36. The number of hydrogen-bond acceptors (Lipinski definition) is 1. The molecule has 0 bridgehead atoms. The van der Waals surface area contributed by atoms with Gasteiger partial charge in [0.05, 0.1) is 0 Å². The van der Waals surface area contributed by atoms with Crippen molar-refractivity contribution in [2.24, 2.45) is 0 Å². The molecule has 100 valence electrons. The topological polar surface area (TPSA) is 20.2 Å². The number of aliphatic hydroxyl groups excluding tert-OH is 1. The highest BCUT2D eigenvalue weighted by atomic mass is 79.9. The molecule has 0 saturated heterocycles. The lowest BCUT2D eigenvalue weighted by Crippen LogP contribution is -2.04. The number of halogens is 2. The highest BCUT2D eigenvalue weighted by Gasteiger charge is 2.17. The number of rotatable bonds is 2. The zero-order valence-electron chi connectivity index (χ0n) is 11.2. The van der Waals surface area contributed by atoms with Crippen LogP contribution in [0.1, 0.15) is 33.9 Å². The Kier molecular flexibility index (Phi) is 4.49. The molecule has 0 heterocycles. The van der Waals surface area contributed by atoms with Crippen LogP contribution in [0.3, 0.4) is 0 Å². The average molecular weight is 384 g/mol. The summed E-state index contributed by atoms with van der Waals surface area (Å²) < 4.78 is 2.01. The van der Waals surface area contributed by atoms with Gasteiger partial charge in [-0.05, 0) is 55.2 Å². The number of aryl methyl sites for hydroxylation is 3. The van der Waals surface area contributed by atoms with Crippen LogP contribution in [-0.2, 0) is 0 Å². The van der Waals surface area contributed by atoms with Crippen molar-refractivity contribution in [1.29, 1.82) is 0 Å². The van der Waals surface area contributed by atoms with Crippen molar-refractivity contribution >= 4 is 31.9 Å². The zero-order valence-corrected chi connectivity index (χ0v) is 14.3. The van der Waals surface area contributed by atoms with Gasteiger partial charge in [-0.3, -0.25) is 0 Å². The monoisotopic (exact) mass is 382 g/mol. The zero-order chi connectivity index (χ0) is 14.2. The molecule has 0 amide bonds. The Morgan fingerprint density at radius 3 is 2.21 bits per heavy atom. The van der Waals surface area contributed by atoms with Gasteiger partial charge in [0.15, 0.2) is 0 Å². The molecular formula is C16H16Br2O. The van der Waals surface area contributed by atoms with Crippen LogP contribution in [0.2, 0.25) is 0 Å². The smallest absolute Gasteiger partial charge is 0.105 e. The summed E-state index contributed by atoms with van der Waals surface area (Å²) in [5.74, 6) is 0. The minimum atomic E-state index is -0.610. The van der Waals surface area contributed by atoms with Gasteiger partial charge in [0, 0.05) is 8.95 Å². The van der Waals surface area contributed by atoms with Gasteiger partial charge in [-0.2, -0.15) is 0 Å². The van der Waals surface area contributed by atoms with E-state index in [1.165, 1.54) is 0 Å². The second-order valence-electron chi connectivity index (χ2n) is 4.89. The second kappa shape index (κ2) is 5.78. The van der Waals surface area contributed by atoms with E-state index in [0.29, 0.717) is 0 Å². The van der Waals surface area contributed by atoms with E-state index in [1.54, 1.807) is 0 Å². The largest absolute Gasteiger partial charge is 0.384 e. The molecule has 0 fully saturated rings. The van der Waals surface area contributed by atoms with Gasteiger partial charge in [-0.1, -0.05) is 55.6 Å². The molecule has 2 aromatic carbocycles. The first-order valence-electron chi connectivity index (χ1n) is 6.11. The summed E-state index contributed by atoms with van der Waals surface area (Å²) >= 11 is 7.04. The molecule has 1 nitrogen and oxygen atoms in total. The van der Waals surface area contributed by atoms with Crippen LogP contribution in [0.4, 0.5) is 0 Å². The Balaban J connectivity index is 2.52. The minimum Gasteiger partial charge on any atom is -0.384 e. The highest BCUT2D eigenvalue weighted by Crippen LogP contribution is 2.33.